The second kappa shape index (κ2) is 20.1. The van der Waals surface area contributed by atoms with Gasteiger partial charge in [0, 0.05) is 19.0 Å². The molecule has 24 heavy (non-hydrogen) atoms. The average molecular weight is 375 g/mol. The summed E-state index contributed by atoms with van der Waals surface area (Å²) in [6, 6.07) is 0. The maximum absolute atomic E-state index is 10.4. The summed E-state index contributed by atoms with van der Waals surface area (Å²) < 4.78 is 41.7. The van der Waals surface area contributed by atoms with Crippen LogP contribution in [-0.2, 0) is 19.6 Å². The third kappa shape index (κ3) is 25.1. The molecule has 140 valence electrons. The molecule has 0 bridgehead atoms. The number of unbranched alkanes of at least 4 members (excludes halogenated alkanes) is 9. The van der Waals surface area contributed by atoms with Gasteiger partial charge in [0.15, 0.2) is 0 Å². The molecule has 0 fully saturated rings. The van der Waals surface area contributed by atoms with Crippen LogP contribution in [0.25, 0.3) is 0 Å². The summed E-state index contributed by atoms with van der Waals surface area (Å²) in [6.45, 7) is 4.28. The zero-order valence-corrected chi connectivity index (χ0v) is 18.6. The molecule has 0 aliphatic heterocycles. The fourth-order valence-corrected chi connectivity index (χ4v) is 2.82. The summed E-state index contributed by atoms with van der Waals surface area (Å²) in [7, 11) is -4.11. The van der Waals surface area contributed by atoms with Gasteiger partial charge in [0.05, 0.1) is 23.3 Å². The number of hydrogen-bond donors (Lipinski definition) is 0. The van der Waals surface area contributed by atoms with Crippen molar-refractivity contribution in [1.29, 1.82) is 0 Å². The third-order valence-electron chi connectivity index (χ3n) is 3.70. The summed E-state index contributed by atoms with van der Waals surface area (Å²) in [5.41, 5.74) is 0. The van der Waals surface area contributed by atoms with Crippen molar-refractivity contribution < 1.29 is 52.0 Å². The number of hydrogen-bond acceptors (Lipinski definition) is 5. The van der Waals surface area contributed by atoms with Gasteiger partial charge in [-0.25, -0.2) is 8.42 Å². The van der Waals surface area contributed by atoms with E-state index in [4.69, 9.17) is 9.47 Å². The van der Waals surface area contributed by atoms with Crippen molar-refractivity contribution in [1.82, 2.24) is 0 Å². The van der Waals surface area contributed by atoms with Crippen molar-refractivity contribution in [3.05, 3.63) is 0 Å². The molecule has 0 aromatic rings. The van der Waals surface area contributed by atoms with Crippen LogP contribution in [-0.4, -0.2) is 45.2 Å². The minimum absolute atomic E-state index is 0. The molecule has 0 aliphatic carbocycles. The SMILES string of the molecule is CCCCCCCCCCCCOCCOCCCS(=O)(=O)[O-].[Na+]. The van der Waals surface area contributed by atoms with Gasteiger partial charge in [-0.2, -0.15) is 0 Å². The maximum atomic E-state index is 10.4. The largest absolute Gasteiger partial charge is 1.00 e. The van der Waals surface area contributed by atoms with E-state index < -0.39 is 10.1 Å². The predicted octanol–water partition coefficient (Wildman–Crippen LogP) is 0.880. The molecule has 0 spiro atoms. The molecule has 0 atom stereocenters. The van der Waals surface area contributed by atoms with Crippen LogP contribution >= 0.6 is 0 Å². The average Bonchev–Trinajstić information content (AvgIpc) is 2.49. The molecule has 0 unspecified atom stereocenters. The molecule has 5 nitrogen and oxygen atoms in total. The molecule has 0 radical (unpaired) electrons. The van der Waals surface area contributed by atoms with Crippen molar-refractivity contribution in [2.75, 3.05) is 32.2 Å². The van der Waals surface area contributed by atoms with E-state index in [1.807, 2.05) is 0 Å². The Balaban J connectivity index is 0. The number of rotatable bonds is 18. The molecule has 0 heterocycles. The van der Waals surface area contributed by atoms with E-state index in [1.165, 1.54) is 57.8 Å². The Bertz CT molecular complexity index is 336. The zero-order valence-electron chi connectivity index (χ0n) is 15.8. The van der Waals surface area contributed by atoms with Crippen LogP contribution in [0.2, 0.25) is 0 Å². The van der Waals surface area contributed by atoms with Gasteiger partial charge in [-0.3, -0.25) is 0 Å². The van der Waals surface area contributed by atoms with Gasteiger partial charge in [0.25, 0.3) is 0 Å². The van der Waals surface area contributed by atoms with Crippen molar-refractivity contribution in [2.24, 2.45) is 0 Å². The minimum atomic E-state index is -4.11. The van der Waals surface area contributed by atoms with E-state index in [9.17, 15) is 13.0 Å². The van der Waals surface area contributed by atoms with Gasteiger partial charge in [-0.1, -0.05) is 64.7 Å². The smallest absolute Gasteiger partial charge is 0.748 e. The summed E-state index contributed by atoms with van der Waals surface area (Å²) >= 11 is 0. The Morgan fingerprint density at radius 3 is 1.54 bits per heavy atom. The van der Waals surface area contributed by atoms with Crippen LogP contribution in [0.15, 0.2) is 0 Å². The third-order valence-corrected chi connectivity index (χ3v) is 4.49. The van der Waals surface area contributed by atoms with E-state index in [0.29, 0.717) is 19.8 Å². The molecule has 7 heteroatoms. The topological polar surface area (TPSA) is 75.7 Å². The van der Waals surface area contributed by atoms with Crippen molar-refractivity contribution in [2.45, 2.75) is 77.6 Å². The Morgan fingerprint density at radius 1 is 0.667 bits per heavy atom. The fraction of sp³-hybridized carbons (Fsp3) is 1.00. The molecular formula is C17H35NaO5S. The summed E-state index contributed by atoms with van der Waals surface area (Å²) in [4.78, 5) is 0. The van der Waals surface area contributed by atoms with Crippen LogP contribution in [0.1, 0.15) is 77.6 Å². The van der Waals surface area contributed by atoms with Crippen molar-refractivity contribution in [3.63, 3.8) is 0 Å². The Kier molecular flexibility index (Phi) is 22.7. The Hall–Kier alpha value is 0.830. The van der Waals surface area contributed by atoms with Gasteiger partial charge in [0.2, 0.25) is 0 Å². The second-order valence-electron chi connectivity index (χ2n) is 6.02. The first kappa shape index (κ1) is 27.1. The first-order valence-electron chi connectivity index (χ1n) is 9.15. The fourth-order valence-electron chi connectivity index (χ4n) is 2.35. The summed E-state index contributed by atoms with van der Waals surface area (Å²) in [6.07, 6.45) is 13.4. The first-order chi connectivity index (χ1) is 11.1. The molecule has 0 amide bonds. The minimum Gasteiger partial charge on any atom is -0.748 e. The van der Waals surface area contributed by atoms with Crippen LogP contribution < -0.4 is 29.6 Å². The molecule has 0 aliphatic rings. The van der Waals surface area contributed by atoms with E-state index in [2.05, 4.69) is 6.92 Å². The molecular weight excluding hydrogens is 339 g/mol. The summed E-state index contributed by atoms with van der Waals surface area (Å²) in [5.74, 6) is -0.355. The van der Waals surface area contributed by atoms with E-state index >= 15 is 0 Å². The first-order valence-corrected chi connectivity index (χ1v) is 10.7. The van der Waals surface area contributed by atoms with Crippen molar-refractivity contribution >= 4 is 10.1 Å². The molecule has 0 rings (SSSR count). The standard InChI is InChI=1S/C17H36O5S.Na/c1-2-3-4-5-6-7-8-9-10-11-13-21-15-16-22-14-12-17-23(18,19)20;/h2-17H2,1H3,(H,18,19,20);/q;+1/p-1. The summed E-state index contributed by atoms with van der Waals surface area (Å²) in [5, 5.41) is 0. The van der Waals surface area contributed by atoms with Gasteiger partial charge in [0.1, 0.15) is 0 Å². The van der Waals surface area contributed by atoms with E-state index in [0.717, 1.165) is 13.0 Å². The van der Waals surface area contributed by atoms with Crippen molar-refractivity contribution in [3.8, 4) is 0 Å². The van der Waals surface area contributed by atoms with Crippen LogP contribution in [0.4, 0.5) is 0 Å². The zero-order chi connectivity index (χ0) is 17.2. The van der Waals surface area contributed by atoms with Gasteiger partial charge >= 0.3 is 29.6 Å². The van der Waals surface area contributed by atoms with Crippen LogP contribution in [0, 0.1) is 0 Å². The predicted molar refractivity (Wildman–Crippen MR) is 92.7 cm³/mol. The van der Waals surface area contributed by atoms with Crippen LogP contribution in [0.5, 0.6) is 0 Å². The second-order valence-corrected chi connectivity index (χ2v) is 7.55. The molecule has 0 aromatic heterocycles. The number of ether oxygens (including phenoxy) is 2. The Labute approximate surface area is 171 Å². The Morgan fingerprint density at radius 2 is 1.08 bits per heavy atom. The maximum Gasteiger partial charge on any atom is 1.00 e. The van der Waals surface area contributed by atoms with E-state index in [-0.39, 0.29) is 41.7 Å². The van der Waals surface area contributed by atoms with Crippen LogP contribution in [0.3, 0.4) is 0 Å². The van der Waals surface area contributed by atoms with Gasteiger partial charge in [-0.15, -0.1) is 0 Å². The van der Waals surface area contributed by atoms with Gasteiger partial charge in [-0.05, 0) is 12.8 Å². The van der Waals surface area contributed by atoms with Gasteiger partial charge < -0.3 is 14.0 Å². The quantitative estimate of drug-likeness (QED) is 0.202. The monoisotopic (exact) mass is 374 g/mol. The van der Waals surface area contributed by atoms with E-state index in [1.54, 1.807) is 0 Å². The molecule has 0 N–H and O–H groups in total. The normalized spacial score (nSPS) is 11.4. The molecule has 0 saturated carbocycles. The molecule has 0 saturated heterocycles. The molecule has 0 aromatic carbocycles.